The monoisotopic (exact) mass is 349 g/mol. The molecule has 0 amide bonds. The summed E-state index contributed by atoms with van der Waals surface area (Å²) in [6, 6.07) is 9.69. The Labute approximate surface area is 151 Å². The minimum atomic E-state index is -0.145. The highest BCUT2D eigenvalue weighted by Gasteiger charge is 2.05. The summed E-state index contributed by atoms with van der Waals surface area (Å²) in [4.78, 5) is 25.1. The number of ether oxygens (including phenoxy) is 2. The summed E-state index contributed by atoms with van der Waals surface area (Å²) >= 11 is 0. The van der Waals surface area contributed by atoms with Crippen LogP contribution in [0.5, 0.6) is 0 Å². The Bertz CT molecular complexity index is 488. The zero-order chi connectivity index (χ0) is 18.3. The van der Waals surface area contributed by atoms with Gasteiger partial charge in [0.25, 0.3) is 0 Å². The van der Waals surface area contributed by atoms with Gasteiger partial charge in [0, 0.05) is 19.4 Å². The number of unbranched alkanes of at least 4 members (excludes halogenated alkanes) is 4. The van der Waals surface area contributed by atoms with Crippen LogP contribution in [-0.2, 0) is 25.7 Å². The third-order valence-corrected chi connectivity index (χ3v) is 3.81. The second kappa shape index (κ2) is 13.4. The second-order valence-electron chi connectivity index (χ2n) is 6.44. The van der Waals surface area contributed by atoms with E-state index >= 15 is 0 Å². The summed E-state index contributed by atoms with van der Waals surface area (Å²) in [7, 11) is 3.90. The van der Waals surface area contributed by atoms with E-state index in [0.717, 1.165) is 44.2 Å². The highest BCUT2D eigenvalue weighted by atomic mass is 16.5. The first-order valence-electron chi connectivity index (χ1n) is 9.08. The Morgan fingerprint density at radius 1 is 0.840 bits per heavy atom. The maximum Gasteiger partial charge on any atom is 0.306 e. The number of nitrogens with zero attached hydrogens (tertiary/aromatic N) is 1. The molecule has 0 aliphatic heterocycles. The molecule has 25 heavy (non-hydrogen) atoms. The third-order valence-electron chi connectivity index (χ3n) is 3.81. The lowest BCUT2D eigenvalue weighted by Gasteiger charge is -2.09. The Hall–Kier alpha value is -1.88. The molecular formula is C20H31NO4. The van der Waals surface area contributed by atoms with Crippen molar-refractivity contribution in [1.82, 2.24) is 4.90 Å². The van der Waals surface area contributed by atoms with E-state index in [-0.39, 0.29) is 11.9 Å². The molecule has 0 radical (unpaired) electrons. The van der Waals surface area contributed by atoms with E-state index in [0.29, 0.717) is 26.1 Å². The molecule has 140 valence electrons. The SMILES string of the molecule is CN(C)CCOC(=O)CCCCCCCC(=O)OCc1ccccc1. The maximum absolute atomic E-state index is 11.7. The first-order chi connectivity index (χ1) is 12.1. The topological polar surface area (TPSA) is 55.8 Å². The molecule has 0 saturated heterocycles. The quantitative estimate of drug-likeness (QED) is 0.402. The van der Waals surface area contributed by atoms with E-state index in [4.69, 9.17) is 9.47 Å². The number of carbonyl (C=O) groups excluding carboxylic acids is 2. The lowest BCUT2D eigenvalue weighted by atomic mass is 10.1. The van der Waals surface area contributed by atoms with Crippen molar-refractivity contribution < 1.29 is 19.1 Å². The fourth-order valence-electron chi connectivity index (χ4n) is 2.29. The van der Waals surface area contributed by atoms with Gasteiger partial charge >= 0.3 is 11.9 Å². The molecule has 5 heteroatoms. The van der Waals surface area contributed by atoms with Crippen molar-refractivity contribution in [2.75, 3.05) is 27.2 Å². The lowest BCUT2D eigenvalue weighted by Crippen LogP contribution is -2.20. The van der Waals surface area contributed by atoms with Crippen LogP contribution in [0.15, 0.2) is 30.3 Å². The second-order valence-corrected chi connectivity index (χ2v) is 6.44. The maximum atomic E-state index is 11.7. The standard InChI is InChI=1S/C20H31NO4/c1-21(2)15-16-24-19(22)13-9-4-3-5-10-14-20(23)25-17-18-11-7-6-8-12-18/h6-8,11-12H,3-5,9-10,13-17H2,1-2H3. The van der Waals surface area contributed by atoms with Crippen molar-refractivity contribution in [2.24, 2.45) is 0 Å². The smallest absolute Gasteiger partial charge is 0.306 e. The highest BCUT2D eigenvalue weighted by molar-refractivity contribution is 5.69. The van der Waals surface area contributed by atoms with Gasteiger partial charge in [-0.25, -0.2) is 0 Å². The Morgan fingerprint density at radius 3 is 2.00 bits per heavy atom. The number of hydrogen-bond acceptors (Lipinski definition) is 5. The number of hydrogen-bond donors (Lipinski definition) is 0. The molecule has 0 atom stereocenters. The summed E-state index contributed by atoms with van der Waals surface area (Å²) < 4.78 is 10.4. The Morgan fingerprint density at radius 2 is 1.40 bits per heavy atom. The average Bonchev–Trinajstić information content (AvgIpc) is 2.59. The van der Waals surface area contributed by atoms with Crippen molar-refractivity contribution in [1.29, 1.82) is 0 Å². The summed E-state index contributed by atoms with van der Waals surface area (Å²) in [5.74, 6) is -0.264. The van der Waals surface area contributed by atoms with Gasteiger partial charge in [0.05, 0.1) is 0 Å². The van der Waals surface area contributed by atoms with Gasteiger partial charge in [0.15, 0.2) is 0 Å². The normalized spacial score (nSPS) is 10.7. The molecule has 0 saturated carbocycles. The minimum Gasteiger partial charge on any atom is -0.464 e. The van der Waals surface area contributed by atoms with Crippen molar-refractivity contribution >= 4 is 11.9 Å². The van der Waals surface area contributed by atoms with Gasteiger partial charge in [0.1, 0.15) is 13.2 Å². The van der Waals surface area contributed by atoms with Gasteiger partial charge in [-0.3, -0.25) is 9.59 Å². The minimum absolute atomic E-state index is 0.119. The van der Waals surface area contributed by atoms with E-state index in [1.54, 1.807) is 0 Å². The average molecular weight is 349 g/mol. The van der Waals surface area contributed by atoms with Crippen molar-refractivity contribution in [2.45, 2.75) is 51.6 Å². The fourth-order valence-corrected chi connectivity index (χ4v) is 2.29. The first-order valence-corrected chi connectivity index (χ1v) is 9.08. The van der Waals surface area contributed by atoms with E-state index in [9.17, 15) is 9.59 Å². The van der Waals surface area contributed by atoms with Crippen LogP contribution >= 0.6 is 0 Å². The van der Waals surface area contributed by atoms with Gasteiger partial charge < -0.3 is 14.4 Å². The fraction of sp³-hybridized carbons (Fsp3) is 0.600. The van der Waals surface area contributed by atoms with Crippen LogP contribution in [0, 0.1) is 0 Å². The summed E-state index contributed by atoms with van der Waals surface area (Å²) in [6.07, 6.45) is 5.61. The molecule has 0 unspecified atom stereocenters. The molecule has 1 aromatic carbocycles. The molecule has 5 nitrogen and oxygen atoms in total. The molecule has 0 bridgehead atoms. The van der Waals surface area contributed by atoms with Gasteiger partial charge in [-0.1, -0.05) is 49.6 Å². The number of carbonyl (C=O) groups is 2. The molecule has 0 N–H and O–H groups in total. The predicted molar refractivity (Wildman–Crippen MR) is 98.1 cm³/mol. The van der Waals surface area contributed by atoms with Crippen molar-refractivity contribution in [3.8, 4) is 0 Å². The van der Waals surface area contributed by atoms with Crippen LogP contribution < -0.4 is 0 Å². The van der Waals surface area contributed by atoms with Gasteiger partial charge in [0.2, 0.25) is 0 Å². The molecule has 0 aliphatic rings. The van der Waals surface area contributed by atoms with E-state index in [2.05, 4.69) is 0 Å². The molecular weight excluding hydrogens is 318 g/mol. The zero-order valence-corrected chi connectivity index (χ0v) is 15.5. The van der Waals surface area contributed by atoms with Crippen molar-refractivity contribution in [3.05, 3.63) is 35.9 Å². The van der Waals surface area contributed by atoms with Crippen molar-refractivity contribution in [3.63, 3.8) is 0 Å². The van der Waals surface area contributed by atoms with Crippen LogP contribution in [0.25, 0.3) is 0 Å². The van der Waals surface area contributed by atoms with Gasteiger partial charge in [-0.2, -0.15) is 0 Å². The van der Waals surface area contributed by atoms with Crippen LogP contribution in [0.2, 0.25) is 0 Å². The van der Waals surface area contributed by atoms with Crippen LogP contribution in [-0.4, -0.2) is 44.1 Å². The molecule has 0 aromatic heterocycles. The highest BCUT2D eigenvalue weighted by Crippen LogP contribution is 2.09. The molecule has 1 aromatic rings. The number of esters is 2. The number of rotatable bonds is 13. The van der Waals surface area contributed by atoms with Crippen LogP contribution in [0.1, 0.15) is 50.5 Å². The molecule has 0 spiro atoms. The first kappa shape index (κ1) is 21.2. The molecule has 1 rings (SSSR count). The zero-order valence-electron chi connectivity index (χ0n) is 15.5. The number of likely N-dealkylation sites (N-methyl/N-ethyl adjacent to an activating group) is 1. The lowest BCUT2D eigenvalue weighted by molar-refractivity contribution is -0.145. The summed E-state index contributed by atoms with van der Waals surface area (Å²) in [6.45, 7) is 1.55. The molecule has 0 aliphatic carbocycles. The third kappa shape index (κ3) is 12.2. The van der Waals surface area contributed by atoms with Crippen LogP contribution in [0.3, 0.4) is 0 Å². The Balaban J connectivity index is 1.91. The van der Waals surface area contributed by atoms with E-state index in [1.165, 1.54) is 0 Å². The summed E-state index contributed by atoms with van der Waals surface area (Å²) in [5, 5.41) is 0. The number of benzene rings is 1. The summed E-state index contributed by atoms with van der Waals surface area (Å²) in [5.41, 5.74) is 1.01. The Kier molecular flexibility index (Phi) is 11.4. The van der Waals surface area contributed by atoms with E-state index in [1.807, 2.05) is 49.3 Å². The largest absolute Gasteiger partial charge is 0.464 e. The van der Waals surface area contributed by atoms with Gasteiger partial charge in [-0.05, 0) is 32.5 Å². The van der Waals surface area contributed by atoms with E-state index < -0.39 is 0 Å². The van der Waals surface area contributed by atoms with Gasteiger partial charge in [-0.15, -0.1) is 0 Å². The molecule has 0 fully saturated rings. The van der Waals surface area contributed by atoms with Crippen LogP contribution in [0.4, 0.5) is 0 Å². The predicted octanol–water partition coefficient (Wildman–Crippen LogP) is 3.57. The molecule has 0 heterocycles.